The molecule has 1 N–H and O–H groups in total. The summed E-state index contributed by atoms with van der Waals surface area (Å²) < 4.78 is 0. The third-order valence-corrected chi connectivity index (χ3v) is 6.58. The second-order valence-corrected chi connectivity index (χ2v) is 9.38. The second-order valence-electron chi connectivity index (χ2n) is 9.38. The van der Waals surface area contributed by atoms with Gasteiger partial charge in [-0.05, 0) is 58.5 Å². The van der Waals surface area contributed by atoms with Crippen LogP contribution in [0.1, 0.15) is 124 Å². The highest BCUT2D eigenvalue weighted by molar-refractivity contribution is 4.85. The lowest BCUT2D eigenvalue weighted by molar-refractivity contribution is -0.0203. The molecule has 0 saturated carbocycles. The molecule has 0 aliphatic carbocycles. The fraction of sp³-hybridized carbons (Fsp3) is 1.00. The van der Waals surface area contributed by atoms with E-state index in [9.17, 15) is 5.11 Å². The Morgan fingerprint density at radius 2 is 1.19 bits per heavy atom. The highest BCUT2D eigenvalue weighted by atomic mass is 16.3. The van der Waals surface area contributed by atoms with Crippen molar-refractivity contribution in [3.8, 4) is 0 Å². The van der Waals surface area contributed by atoms with Crippen LogP contribution in [0.25, 0.3) is 0 Å². The van der Waals surface area contributed by atoms with E-state index in [1.165, 1.54) is 109 Å². The molecule has 0 radical (unpaired) electrons. The number of hydrogen-bond donors (Lipinski definition) is 1. The lowest BCUT2D eigenvalue weighted by atomic mass is 9.82. The number of piperidine rings is 1. The maximum Gasteiger partial charge on any atom is 0.0620 e. The molecule has 1 saturated heterocycles. The minimum Gasteiger partial charge on any atom is -0.390 e. The zero-order valence-corrected chi connectivity index (χ0v) is 18.6. The highest BCUT2D eigenvalue weighted by Gasteiger charge is 2.32. The van der Waals surface area contributed by atoms with E-state index in [0.29, 0.717) is 5.92 Å². The van der Waals surface area contributed by atoms with Gasteiger partial charge >= 0.3 is 0 Å². The molecule has 2 heteroatoms. The van der Waals surface area contributed by atoms with Crippen molar-refractivity contribution in [2.24, 2.45) is 5.92 Å². The molecule has 0 bridgehead atoms. The summed E-state index contributed by atoms with van der Waals surface area (Å²) in [5.74, 6) is 0.484. The van der Waals surface area contributed by atoms with Crippen LogP contribution >= 0.6 is 0 Å². The average molecular weight is 368 g/mol. The van der Waals surface area contributed by atoms with Crippen molar-refractivity contribution in [3.63, 3.8) is 0 Å². The minimum absolute atomic E-state index is 0.484. The second kappa shape index (κ2) is 14.0. The molecule has 1 rings (SSSR count). The van der Waals surface area contributed by atoms with Crippen molar-refractivity contribution in [3.05, 3.63) is 0 Å². The molecule has 1 heterocycles. The fourth-order valence-electron chi connectivity index (χ4n) is 4.62. The smallest absolute Gasteiger partial charge is 0.0620 e. The Balaban J connectivity index is 2.36. The van der Waals surface area contributed by atoms with E-state index in [-0.39, 0.29) is 0 Å². The summed E-state index contributed by atoms with van der Waals surface area (Å²) in [5, 5.41) is 10.3. The molecule has 26 heavy (non-hydrogen) atoms. The van der Waals surface area contributed by atoms with E-state index in [1.807, 2.05) is 13.8 Å². The van der Waals surface area contributed by atoms with Gasteiger partial charge in [0.1, 0.15) is 0 Å². The van der Waals surface area contributed by atoms with Gasteiger partial charge in [-0.3, -0.25) is 0 Å². The van der Waals surface area contributed by atoms with Crippen molar-refractivity contribution in [1.29, 1.82) is 0 Å². The van der Waals surface area contributed by atoms with Gasteiger partial charge in [-0.2, -0.15) is 0 Å². The van der Waals surface area contributed by atoms with Crippen molar-refractivity contribution < 1.29 is 5.11 Å². The Morgan fingerprint density at radius 3 is 1.62 bits per heavy atom. The molecule has 0 spiro atoms. The molecule has 1 fully saturated rings. The maximum atomic E-state index is 10.3. The number of unbranched alkanes of at least 4 members (excludes halogenated alkanes) is 9. The summed E-state index contributed by atoms with van der Waals surface area (Å²) in [6.07, 6.45) is 20.6. The van der Waals surface area contributed by atoms with Crippen LogP contribution in [0.5, 0.6) is 0 Å². The van der Waals surface area contributed by atoms with Crippen molar-refractivity contribution in [2.45, 2.75) is 136 Å². The van der Waals surface area contributed by atoms with Gasteiger partial charge in [-0.25, -0.2) is 0 Å². The van der Waals surface area contributed by atoms with Crippen LogP contribution in [0.3, 0.4) is 0 Å². The molecule has 0 amide bonds. The Morgan fingerprint density at radius 1 is 0.769 bits per heavy atom. The normalized spacial score (nSPS) is 18.3. The molecule has 1 atom stereocenters. The molecule has 0 aromatic carbocycles. The molecular formula is C24H49NO. The number of likely N-dealkylation sites (tertiary alicyclic amines) is 1. The first-order valence-electron chi connectivity index (χ1n) is 12.0. The third kappa shape index (κ3) is 10.3. The first kappa shape index (κ1) is 24.0. The van der Waals surface area contributed by atoms with Gasteiger partial charge in [0.15, 0.2) is 0 Å². The van der Waals surface area contributed by atoms with E-state index < -0.39 is 5.60 Å². The van der Waals surface area contributed by atoms with E-state index >= 15 is 0 Å². The zero-order valence-electron chi connectivity index (χ0n) is 18.6. The monoisotopic (exact) mass is 367 g/mol. The number of aliphatic hydroxyl groups is 1. The molecule has 2 nitrogen and oxygen atoms in total. The molecule has 156 valence electrons. The summed E-state index contributed by atoms with van der Waals surface area (Å²) in [7, 11) is 0. The van der Waals surface area contributed by atoms with Crippen LogP contribution in [-0.4, -0.2) is 34.7 Å². The van der Waals surface area contributed by atoms with Crippen LogP contribution in [0.4, 0.5) is 0 Å². The summed E-state index contributed by atoms with van der Waals surface area (Å²) in [5.41, 5.74) is -0.499. The Kier molecular flexibility index (Phi) is 12.9. The predicted octanol–water partition coefficient (Wildman–Crippen LogP) is 6.95. The van der Waals surface area contributed by atoms with Gasteiger partial charge in [0.25, 0.3) is 0 Å². The lowest BCUT2D eigenvalue weighted by Crippen LogP contribution is -2.46. The SMILES string of the molecule is CCCCCCCCC(CCCCCCC)N1CCC(C(C)(C)O)CC1. The van der Waals surface area contributed by atoms with Gasteiger partial charge in [0.2, 0.25) is 0 Å². The highest BCUT2D eigenvalue weighted by Crippen LogP contribution is 2.30. The zero-order chi connectivity index (χ0) is 19.3. The number of rotatable bonds is 15. The Hall–Kier alpha value is -0.0800. The molecule has 1 aliphatic rings. The minimum atomic E-state index is -0.499. The van der Waals surface area contributed by atoms with Crippen LogP contribution < -0.4 is 0 Å². The predicted molar refractivity (Wildman–Crippen MR) is 116 cm³/mol. The van der Waals surface area contributed by atoms with E-state index in [0.717, 1.165) is 6.04 Å². The molecule has 0 aromatic heterocycles. The summed E-state index contributed by atoms with van der Waals surface area (Å²) in [6, 6.07) is 0.797. The molecule has 1 unspecified atom stereocenters. The van der Waals surface area contributed by atoms with Crippen LogP contribution in [0.2, 0.25) is 0 Å². The first-order chi connectivity index (χ1) is 12.5. The molecular weight excluding hydrogens is 318 g/mol. The van der Waals surface area contributed by atoms with Gasteiger partial charge < -0.3 is 10.0 Å². The summed E-state index contributed by atoms with van der Waals surface area (Å²) >= 11 is 0. The average Bonchev–Trinajstić information content (AvgIpc) is 2.62. The van der Waals surface area contributed by atoms with Crippen molar-refractivity contribution in [1.82, 2.24) is 4.90 Å². The summed E-state index contributed by atoms with van der Waals surface area (Å²) in [6.45, 7) is 11.0. The maximum absolute atomic E-state index is 10.3. The molecule has 1 aliphatic heterocycles. The van der Waals surface area contributed by atoms with Gasteiger partial charge in [-0.1, -0.05) is 84.5 Å². The van der Waals surface area contributed by atoms with Crippen molar-refractivity contribution in [2.75, 3.05) is 13.1 Å². The number of nitrogens with zero attached hydrogens (tertiary/aromatic N) is 1. The van der Waals surface area contributed by atoms with Gasteiger partial charge in [0, 0.05) is 6.04 Å². The van der Waals surface area contributed by atoms with Crippen LogP contribution in [0.15, 0.2) is 0 Å². The fourth-order valence-corrected chi connectivity index (χ4v) is 4.62. The lowest BCUT2D eigenvalue weighted by Gasteiger charge is -2.41. The van der Waals surface area contributed by atoms with Gasteiger partial charge in [0.05, 0.1) is 5.60 Å². The van der Waals surface area contributed by atoms with Crippen LogP contribution in [-0.2, 0) is 0 Å². The summed E-state index contributed by atoms with van der Waals surface area (Å²) in [4.78, 5) is 2.77. The third-order valence-electron chi connectivity index (χ3n) is 6.58. The topological polar surface area (TPSA) is 23.5 Å². The van der Waals surface area contributed by atoms with Crippen molar-refractivity contribution >= 4 is 0 Å². The van der Waals surface area contributed by atoms with Crippen LogP contribution in [0, 0.1) is 5.92 Å². The van der Waals surface area contributed by atoms with E-state index in [1.54, 1.807) is 0 Å². The largest absolute Gasteiger partial charge is 0.390 e. The molecule has 0 aromatic rings. The Bertz CT molecular complexity index is 315. The van der Waals surface area contributed by atoms with E-state index in [2.05, 4.69) is 18.7 Å². The standard InChI is InChI=1S/C24H49NO/c1-5-7-9-11-13-15-17-23(16-14-12-10-8-6-2)25-20-18-22(19-21-25)24(3,4)26/h22-23,26H,5-21H2,1-4H3. The number of hydrogen-bond acceptors (Lipinski definition) is 2. The first-order valence-corrected chi connectivity index (χ1v) is 12.0. The van der Waals surface area contributed by atoms with E-state index in [4.69, 9.17) is 0 Å². The Labute approximate surface area is 165 Å². The quantitative estimate of drug-likeness (QED) is 0.317. The van der Waals surface area contributed by atoms with Gasteiger partial charge in [-0.15, -0.1) is 0 Å².